The van der Waals surface area contributed by atoms with E-state index < -0.39 is 46.0 Å². The number of rotatable bonds is 14. The number of thioether (sulfide) groups is 1. The molecule has 0 aliphatic rings. The largest absolute Gasteiger partial charge is 0.478 e. The van der Waals surface area contributed by atoms with E-state index in [1.165, 1.54) is 18.7 Å². The molecule has 0 saturated heterocycles. The molecule has 0 bridgehead atoms. The van der Waals surface area contributed by atoms with Crippen LogP contribution in [0.4, 0.5) is 0 Å². The summed E-state index contributed by atoms with van der Waals surface area (Å²) in [4.78, 5) is 36.6. The van der Waals surface area contributed by atoms with Crippen LogP contribution in [0.25, 0.3) is 0 Å². The summed E-state index contributed by atoms with van der Waals surface area (Å²) >= 11 is 1.45. The lowest BCUT2D eigenvalue weighted by Crippen LogP contribution is -2.57. The average molecular weight is 568 g/mol. The molecule has 0 aromatic heterocycles. The summed E-state index contributed by atoms with van der Waals surface area (Å²) < 4.78 is 27.7. The van der Waals surface area contributed by atoms with Gasteiger partial charge in [-0.05, 0) is 55.2 Å². The molecule has 208 valence electrons. The molecule has 2 aromatic carbocycles. The number of carboxylic acid groups (broad SMARTS) is 1. The van der Waals surface area contributed by atoms with Crippen LogP contribution < -0.4 is 21.1 Å². The number of nitrogen functional groups attached to an aromatic ring is 1. The van der Waals surface area contributed by atoms with Gasteiger partial charge in [-0.1, -0.05) is 24.3 Å². The van der Waals surface area contributed by atoms with Crippen molar-refractivity contribution in [1.82, 2.24) is 15.4 Å². The third kappa shape index (κ3) is 8.83. The van der Waals surface area contributed by atoms with Crippen molar-refractivity contribution in [2.45, 2.75) is 43.0 Å². The van der Waals surface area contributed by atoms with Gasteiger partial charge >= 0.3 is 5.97 Å². The fourth-order valence-electron chi connectivity index (χ4n) is 3.26. The van der Waals surface area contributed by atoms with Gasteiger partial charge in [0, 0.05) is 13.5 Å². The Kier molecular flexibility index (Phi) is 11.3. The number of carbonyl (C=O) groups is 3. The van der Waals surface area contributed by atoms with Crippen molar-refractivity contribution in [1.29, 1.82) is 5.41 Å². The minimum atomic E-state index is -4.31. The highest BCUT2D eigenvalue weighted by Gasteiger charge is 2.32. The maximum absolute atomic E-state index is 13.0. The highest BCUT2D eigenvalue weighted by molar-refractivity contribution is 7.98. The first-order valence-corrected chi connectivity index (χ1v) is 14.3. The minimum Gasteiger partial charge on any atom is -0.478 e. The molecule has 0 spiro atoms. The Balaban J connectivity index is 0.00000760. The maximum Gasteiger partial charge on any atom is 0.335 e. The SMILES string of the molecule is CSCC[C@H](NC(=O)[C@H](NS(=O)(=O)c1ccc(C(=O)O)cc1)C(C)O)C(=O)NCc1ccc(C(=N)N)cc1.[HH]. The number of aromatic carboxylic acids is 1. The Morgan fingerprint density at radius 3 is 2.13 bits per heavy atom. The van der Waals surface area contributed by atoms with E-state index in [1.54, 1.807) is 24.3 Å². The molecule has 0 saturated carbocycles. The molecule has 38 heavy (non-hydrogen) atoms. The number of aliphatic hydroxyl groups is 1. The van der Waals surface area contributed by atoms with Gasteiger partial charge in [0.25, 0.3) is 0 Å². The predicted molar refractivity (Wildman–Crippen MR) is 146 cm³/mol. The molecule has 0 heterocycles. The second kappa shape index (κ2) is 13.9. The van der Waals surface area contributed by atoms with Gasteiger partial charge in [0.15, 0.2) is 0 Å². The summed E-state index contributed by atoms with van der Waals surface area (Å²) in [6.45, 7) is 1.36. The van der Waals surface area contributed by atoms with Crippen molar-refractivity contribution >= 4 is 45.4 Å². The van der Waals surface area contributed by atoms with Crippen molar-refractivity contribution in [2.24, 2.45) is 5.73 Å². The third-order valence-corrected chi connectivity index (χ3v) is 7.53. The lowest BCUT2D eigenvalue weighted by molar-refractivity contribution is -0.131. The predicted octanol–water partition coefficient (Wildman–Crippen LogP) is 0.497. The molecule has 3 atom stereocenters. The fraction of sp³-hybridized carbons (Fsp3) is 0.333. The van der Waals surface area contributed by atoms with Gasteiger partial charge < -0.3 is 26.6 Å². The van der Waals surface area contributed by atoms with E-state index in [1.807, 2.05) is 6.26 Å². The zero-order valence-corrected chi connectivity index (χ0v) is 22.4. The van der Waals surface area contributed by atoms with E-state index in [0.717, 1.165) is 29.8 Å². The van der Waals surface area contributed by atoms with Crippen molar-refractivity contribution in [3.8, 4) is 0 Å². The third-order valence-electron chi connectivity index (χ3n) is 5.43. The Labute approximate surface area is 226 Å². The van der Waals surface area contributed by atoms with E-state index in [4.69, 9.17) is 16.2 Å². The number of hydrogen-bond acceptors (Lipinski definition) is 8. The van der Waals surface area contributed by atoms with Crippen LogP contribution in [0.1, 0.15) is 36.3 Å². The zero-order valence-electron chi connectivity index (χ0n) is 20.8. The normalized spacial score (nSPS) is 13.7. The highest BCUT2D eigenvalue weighted by Crippen LogP contribution is 2.13. The minimum absolute atomic E-state index is 0. The van der Waals surface area contributed by atoms with Gasteiger partial charge in [0.05, 0.1) is 16.6 Å². The van der Waals surface area contributed by atoms with Crippen molar-refractivity contribution in [2.75, 3.05) is 12.0 Å². The lowest BCUT2D eigenvalue weighted by atomic mass is 10.1. The summed E-state index contributed by atoms with van der Waals surface area (Å²) in [7, 11) is -4.31. The number of nitrogens with two attached hydrogens (primary N) is 1. The number of carboxylic acids is 1. The van der Waals surface area contributed by atoms with Crippen LogP contribution >= 0.6 is 11.8 Å². The molecule has 14 heteroatoms. The molecule has 0 aliphatic carbocycles. The van der Waals surface area contributed by atoms with E-state index in [-0.39, 0.29) is 30.7 Å². The highest BCUT2D eigenvalue weighted by atomic mass is 32.2. The first kappa shape index (κ1) is 30.8. The molecule has 0 fully saturated rings. The van der Waals surface area contributed by atoms with Gasteiger partial charge in [-0.25, -0.2) is 13.2 Å². The smallest absolute Gasteiger partial charge is 0.335 e. The Bertz CT molecular complexity index is 1260. The molecule has 12 nitrogen and oxygen atoms in total. The molecule has 2 aromatic rings. The van der Waals surface area contributed by atoms with Gasteiger partial charge in [-0.2, -0.15) is 16.5 Å². The summed E-state index contributed by atoms with van der Waals surface area (Å²) in [5.74, 6) is -2.20. The Hall–Kier alpha value is -3.46. The lowest BCUT2D eigenvalue weighted by Gasteiger charge is -2.24. The second-order valence-electron chi connectivity index (χ2n) is 8.34. The van der Waals surface area contributed by atoms with E-state index in [9.17, 15) is 27.9 Å². The number of aliphatic hydroxyl groups excluding tert-OH is 1. The molecule has 0 radical (unpaired) electrons. The van der Waals surface area contributed by atoms with Crippen LogP contribution in [0, 0.1) is 5.41 Å². The number of carbonyl (C=O) groups excluding carboxylic acids is 2. The number of amidine groups is 1. The monoisotopic (exact) mass is 567 g/mol. The van der Waals surface area contributed by atoms with E-state index >= 15 is 0 Å². The van der Waals surface area contributed by atoms with Gasteiger partial charge in [0.1, 0.15) is 17.9 Å². The number of sulfonamides is 1. The second-order valence-corrected chi connectivity index (χ2v) is 11.0. The molecule has 2 rings (SSSR count). The number of amides is 2. The van der Waals surface area contributed by atoms with Gasteiger partial charge in [0.2, 0.25) is 21.8 Å². The van der Waals surface area contributed by atoms with Crippen LogP contribution in [0.2, 0.25) is 0 Å². The van der Waals surface area contributed by atoms with Crippen LogP contribution in [0.3, 0.4) is 0 Å². The molecule has 1 unspecified atom stereocenters. The van der Waals surface area contributed by atoms with Crippen LogP contribution in [0.15, 0.2) is 53.4 Å². The number of hydrogen-bond donors (Lipinski definition) is 7. The number of benzene rings is 2. The topological polar surface area (TPSA) is 212 Å². The Morgan fingerprint density at radius 1 is 1.05 bits per heavy atom. The molecule has 0 aliphatic heterocycles. The molecular formula is C24H33N5O7S2. The van der Waals surface area contributed by atoms with Crippen LogP contribution in [-0.4, -0.2) is 72.4 Å². The summed E-state index contributed by atoms with van der Waals surface area (Å²) in [6.07, 6.45) is 0.625. The molecule has 2 amide bonds. The quantitative estimate of drug-likeness (QED) is 0.125. The van der Waals surface area contributed by atoms with Gasteiger partial charge in [-0.15, -0.1) is 0 Å². The average Bonchev–Trinajstić information content (AvgIpc) is 2.88. The van der Waals surface area contributed by atoms with Crippen molar-refractivity contribution in [3.05, 3.63) is 65.2 Å². The first-order valence-electron chi connectivity index (χ1n) is 11.4. The van der Waals surface area contributed by atoms with Crippen molar-refractivity contribution in [3.63, 3.8) is 0 Å². The zero-order chi connectivity index (χ0) is 28.5. The molecular weight excluding hydrogens is 534 g/mol. The summed E-state index contributed by atoms with van der Waals surface area (Å²) in [6, 6.07) is 8.41. The Morgan fingerprint density at radius 2 is 1.63 bits per heavy atom. The van der Waals surface area contributed by atoms with E-state index in [2.05, 4.69) is 15.4 Å². The summed E-state index contributed by atoms with van der Waals surface area (Å²) in [5, 5.41) is 31.8. The van der Waals surface area contributed by atoms with Crippen molar-refractivity contribution < 1.29 is 34.4 Å². The fourth-order valence-corrected chi connectivity index (χ4v) is 5.00. The maximum atomic E-state index is 13.0. The number of nitrogens with one attached hydrogen (secondary N) is 4. The summed E-state index contributed by atoms with van der Waals surface area (Å²) in [5.41, 5.74) is 6.60. The first-order chi connectivity index (χ1) is 17.9. The van der Waals surface area contributed by atoms with E-state index in [0.29, 0.717) is 11.3 Å². The molecule has 8 N–H and O–H groups in total. The standard InChI is InChI=1S/C24H31N5O7S2.H2/c1-14(30)20(29-38(35,36)18-9-7-17(8-10-18)24(33)34)23(32)28-19(11-12-37-2)22(31)27-13-15-3-5-16(6-4-15)21(25)26;/h3-10,14,19-20,29-30H,11-13H2,1-2H3,(H3,25,26)(H,27,31)(H,28,32)(H,33,34);1H/t14?,19-,20+;/m0./s1. The van der Waals surface area contributed by atoms with Gasteiger partial charge in [-0.3, -0.25) is 15.0 Å². The van der Waals surface area contributed by atoms with Crippen LogP contribution in [0.5, 0.6) is 0 Å². The van der Waals surface area contributed by atoms with Crippen LogP contribution in [-0.2, 0) is 26.2 Å².